The Bertz CT molecular complexity index is 967. The van der Waals surface area contributed by atoms with Crippen LogP contribution in [0.1, 0.15) is 24.2 Å². The molecule has 28 heavy (non-hydrogen) atoms. The van der Waals surface area contributed by atoms with Crippen molar-refractivity contribution in [2.45, 2.75) is 25.5 Å². The molecule has 0 atom stereocenters. The summed E-state index contributed by atoms with van der Waals surface area (Å²) in [6, 6.07) is 17.2. The lowest BCUT2D eigenvalue weighted by molar-refractivity contribution is 0.101. The Balaban J connectivity index is 1.82. The van der Waals surface area contributed by atoms with Gasteiger partial charge >= 0.3 is 0 Å². The molecule has 0 unspecified atom stereocenters. The van der Waals surface area contributed by atoms with Gasteiger partial charge in [-0.2, -0.15) is 0 Å². The van der Waals surface area contributed by atoms with Crippen LogP contribution in [0.15, 0.2) is 71.9 Å². The van der Waals surface area contributed by atoms with Crippen LogP contribution in [0.2, 0.25) is 0 Å². The van der Waals surface area contributed by atoms with Gasteiger partial charge in [0.05, 0.1) is 17.9 Å². The molecule has 0 aliphatic rings. The minimum atomic E-state index is 0.000172. The van der Waals surface area contributed by atoms with Gasteiger partial charge in [0.2, 0.25) is 0 Å². The van der Waals surface area contributed by atoms with Crippen molar-refractivity contribution in [1.82, 2.24) is 14.8 Å². The number of hydrogen-bond acceptors (Lipinski definition) is 5. The molecule has 0 fully saturated rings. The predicted octanol–water partition coefficient (Wildman–Crippen LogP) is 4.89. The van der Waals surface area contributed by atoms with E-state index in [0.717, 1.165) is 17.0 Å². The average Bonchev–Trinajstić information content (AvgIpc) is 3.09. The number of carbonyl (C=O) groups is 1. The number of carbonyl (C=O) groups excluding carboxylic acids is 1. The third-order valence-corrected chi connectivity index (χ3v) is 4.96. The van der Waals surface area contributed by atoms with Crippen molar-refractivity contribution in [3.63, 3.8) is 0 Å². The molecular formula is C22H23N3O2S. The number of benzene rings is 2. The third kappa shape index (κ3) is 4.70. The molecule has 144 valence electrons. The van der Waals surface area contributed by atoms with E-state index >= 15 is 0 Å². The smallest absolute Gasteiger partial charge is 0.192 e. The summed E-state index contributed by atoms with van der Waals surface area (Å²) < 4.78 is 7.58. The molecule has 0 radical (unpaired) electrons. The largest absolute Gasteiger partial charge is 0.493 e. The number of allylic oxidation sites excluding steroid dienone is 1. The molecule has 0 saturated heterocycles. The minimum Gasteiger partial charge on any atom is -0.493 e. The fraction of sp³-hybridized carbons (Fsp3) is 0.227. The van der Waals surface area contributed by atoms with Crippen LogP contribution in [0.3, 0.4) is 0 Å². The normalized spacial score (nSPS) is 10.6. The molecule has 1 heterocycles. The second-order valence-corrected chi connectivity index (χ2v) is 7.30. The fourth-order valence-electron chi connectivity index (χ4n) is 2.79. The summed E-state index contributed by atoms with van der Waals surface area (Å²) >= 11 is 1.38. The number of hydrogen-bond donors (Lipinski definition) is 0. The number of aromatic nitrogens is 3. The third-order valence-electron chi connectivity index (χ3n) is 4.00. The van der Waals surface area contributed by atoms with Gasteiger partial charge in [-0.25, -0.2) is 0 Å². The van der Waals surface area contributed by atoms with Gasteiger partial charge in [0.1, 0.15) is 5.75 Å². The first kappa shape index (κ1) is 19.9. The quantitative estimate of drug-likeness (QED) is 0.294. The standard InChI is InChI=1S/C22H23N3O2S/c1-4-27-20-13-9-8-12-18(20)19(26)15-28-22-24-23-21(25(22)14-16(2)3)17-10-6-5-7-11-17/h5-13H,2,4,14-15H2,1,3H3. The molecule has 2 aromatic carbocycles. The zero-order valence-corrected chi connectivity index (χ0v) is 16.9. The highest BCUT2D eigenvalue weighted by molar-refractivity contribution is 7.99. The maximum atomic E-state index is 12.7. The zero-order valence-electron chi connectivity index (χ0n) is 16.1. The molecule has 0 bridgehead atoms. The number of para-hydroxylation sites is 1. The van der Waals surface area contributed by atoms with E-state index in [0.29, 0.717) is 29.6 Å². The maximum Gasteiger partial charge on any atom is 0.192 e. The van der Waals surface area contributed by atoms with E-state index in [1.165, 1.54) is 11.8 Å². The Morgan fingerprint density at radius 3 is 2.54 bits per heavy atom. The van der Waals surface area contributed by atoms with Crippen LogP contribution in [0.5, 0.6) is 5.75 Å². The van der Waals surface area contributed by atoms with E-state index in [9.17, 15) is 4.79 Å². The van der Waals surface area contributed by atoms with E-state index in [1.54, 1.807) is 6.07 Å². The van der Waals surface area contributed by atoms with E-state index in [-0.39, 0.29) is 11.5 Å². The van der Waals surface area contributed by atoms with Crippen LogP contribution in [0.4, 0.5) is 0 Å². The number of nitrogens with zero attached hydrogens (tertiary/aromatic N) is 3. The molecule has 0 aliphatic heterocycles. The Hall–Kier alpha value is -2.86. The van der Waals surface area contributed by atoms with Crippen molar-refractivity contribution in [2.75, 3.05) is 12.4 Å². The number of ketones is 1. The summed E-state index contributed by atoms with van der Waals surface area (Å²) in [6.07, 6.45) is 0. The van der Waals surface area contributed by atoms with Crippen molar-refractivity contribution < 1.29 is 9.53 Å². The van der Waals surface area contributed by atoms with Crippen molar-refractivity contribution in [1.29, 1.82) is 0 Å². The Labute approximate surface area is 169 Å². The first-order chi connectivity index (χ1) is 13.6. The first-order valence-electron chi connectivity index (χ1n) is 9.11. The van der Waals surface area contributed by atoms with Gasteiger partial charge in [-0.3, -0.25) is 9.36 Å². The topological polar surface area (TPSA) is 57.0 Å². The van der Waals surface area contributed by atoms with Crippen LogP contribution in [0.25, 0.3) is 11.4 Å². The van der Waals surface area contributed by atoms with Gasteiger partial charge in [-0.1, -0.05) is 66.4 Å². The molecule has 0 aliphatic carbocycles. The van der Waals surface area contributed by atoms with E-state index < -0.39 is 0 Å². The molecular weight excluding hydrogens is 370 g/mol. The molecule has 0 amide bonds. The van der Waals surface area contributed by atoms with Gasteiger partial charge < -0.3 is 4.74 Å². The van der Waals surface area contributed by atoms with Crippen LogP contribution in [0, 0.1) is 0 Å². The molecule has 3 rings (SSSR count). The van der Waals surface area contributed by atoms with Crippen LogP contribution in [-0.2, 0) is 6.54 Å². The Kier molecular flexibility index (Phi) is 6.66. The molecule has 0 N–H and O–H groups in total. The lowest BCUT2D eigenvalue weighted by atomic mass is 10.1. The highest BCUT2D eigenvalue weighted by Crippen LogP contribution is 2.27. The molecule has 6 heteroatoms. The molecule has 0 spiro atoms. The second kappa shape index (κ2) is 9.37. The van der Waals surface area contributed by atoms with E-state index in [1.807, 2.05) is 66.9 Å². The van der Waals surface area contributed by atoms with Gasteiger partial charge in [0.15, 0.2) is 16.8 Å². The van der Waals surface area contributed by atoms with Crippen LogP contribution in [-0.4, -0.2) is 32.9 Å². The lowest BCUT2D eigenvalue weighted by Crippen LogP contribution is -2.08. The van der Waals surface area contributed by atoms with Crippen molar-refractivity contribution in [3.8, 4) is 17.1 Å². The second-order valence-electron chi connectivity index (χ2n) is 6.36. The summed E-state index contributed by atoms with van der Waals surface area (Å²) in [5.74, 6) is 1.64. The minimum absolute atomic E-state index is 0.000172. The number of thioether (sulfide) groups is 1. The first-order valence-corrected chi connectivity index (χ1v) is 10.1. The molecule has 0 saturated carbocycles. The highest BCUT2D eigenvalue weighted by atomic mass is 32.2. The van der Waals surface area contributed by atoms with Gasteiger partial charge in [-0.15, -0.1) is 10.2 Å². The van der Waals surface area contributed by atoms with Gasteiger partial charge in [-0.05, 0) is 26.0 Å². The van der Waals surface area contributed by atoms with Crippen molar-refractivity contribution in [3.05, 3.63) is 72.3 Å². The van der Waals surface area contributed by atoms with Crippen LogP contribution < -0.4 is 4.74 Å². The number of rotatable bonds is 9. The van der Waals surface area contributed by atoms with E-state index in [4.69, 9.17) is 4.74 Å². The van der Waals surface area contributed by atoms with Gasteiger partial charge in [0.25, 0.3) is 0 Å². The summed E-state index contributed by atoms with van der Waals surface area (Å²) in [7, 11) is 0. The summed E-state index contributed by atoms with van der Waals surface area (Å²) in [5, 5.41) is 9.37. The summed E-state index contributed by atoms with van der Waals surface area (Å²) in [4.78, 5) is 12.7. The molecule has 3 aromatic rings. The van der Waals surface area contributed by atoms with Crippen molar-refractivity contribution in [2.24, 2.45) is 0 Å². The number of Topliss-reactive ketones (excluding diaryl/α,β-unsaturated/α-hetero) is 1. The Morgan fingerprint density at radius 1 is 1.11 bits per heavy atom. The summed E-state index contributed by atoms with van der Waals surface area (Å²) in [6.45, 7) is 9.00. The average molecular weight is 394 g/mol. The Morgan fingerprint density at radius 2 is 1.82 bits per heavy atom. The SMILES string of the molecule is C=C(C)Cn1c(SCC(=O)c2ccccc2OCC)nnc1-c1ccccc1. The van der Waals surface area contributed by atoms with Gasteiger partial charge in [0, 0.05) is 12.1 Å². The maximum absolute atomic E-state index is 12.7. The fourth-order valence-corrected chi connectivity index (χ4v) is 3.62. The number of ether oxygens (including phenoxy) is 1. The van der Waals surface area contributed by atoms with E-state index in [2.05, 4.69) is 16.8 Å². The lowest BCUT2D eigenvalue weighted by Gasteiger charge is -2.11. The monoisotopic (exact) mass is 393 g/mol. The predicted molar refractivity (Wildman–Crippen MR) is 113 cm³/mol. The summed E-state index contributed by atoms with van der Waals surface area (Å²) in [5.41, 5.74) is 2.56. The zero-order chi connectivity index (χ0) is 19.9. The van der Waals surface area contributed by atoms with Crippen molar-refractivity contribution >= 4 is 17.5 Å². The highest BCUT2D eigenvalue weighted by Gasteiger charge is 2.18. The van der Waals surface area contributed by atoms with Crippen LogP contribution >= 0.6 is 11.8 Å². The molecule has 5 nitrogen and oxygen atoms in total. The molecule has 1 aromatic heterocycles.